The molecule has 8 nitrogen and oxygen atoms in total. The van der Waals surface area contributed by atoms with E-state index in [2.05, 4.69) is 26.8 Å². The van der Waals surface area contributed by atoms with Gasteiger partial charge in [-0.15, -0.1) is 0 Å². The lowest BCUT2D eigenvalue weighted by molar-refractivity contribution is -0.142. The Labute approximate surface area is 235 Å². The number of phenols is 2. The summed E-state index contributed by atoms with van der Waals surface area (Å²) in [5.41, 5.74) is 2.23. The number of benzene rings is 2. The molecule has 0 aliphatic carbocycles. The van der Waals surface area contributed by atoms with Gasteiger partial charge in [0, 0.05) is 24.0 Å². The van der Waals surface area contributed by atoms with Crippen molar-refractivity contribution in [3.05, 3.63) is 64.2 Å². The van der Waals surface area contributed by atoms with Crippen LogP contribution in [-0.4, -0.2) is 54.9 Å². The number of hydrogen-bond acceptors (Lipinski definition) is 6. The van der Waals surface area contributed by atoms with Crippen LogP contribution in [0.4, 0.5) is 0 Å². The number of aromatic hydroxyl groups is 2. The Morgan fingerprint density at radius 1 is 1.20 bits per heavy atom. The third kappa shape index (κ3) is 6.28. The minimum Gasteiger partial charge on any atom is -0.508 e. The zero-order chi connectivity index (χ0) is 29.2. The Morgan fingerprint density at radius 2 is 1.90 bits per heavy atom. The molecular formula is C32H41NO7. The third-order valence-electron chi connectivity index (χ3n) is 8.23. The zero-order valence-electron chi connectivity index (χ0n) is 23.8. The number of rotatable bonds is 11. The summed E-state index contributed by atoms with van der Waals surface area (Å²) >= 11 is 0. The molecule has 1 amide bonds. The molecule has 0 aromatic heterocycles. The van der Waals surface area contributed by atoms with Gasteiger partial charge >= 0.3 is 5.97 Å². The van der Waals surface area contributed by atoms with Crippen LogP contribution in [0.1, 0.15) is 86.8 Å². The molecule has 0 saturated carbocycles. The molecule has 2 aromatic carbocycles. The Bertz CT molecular complexity index is 1280. The zero-order valence-corrected chi connectivity index (χ0v) is 23.8. The van der Waals surface area contributed by atoms with Crippen molar-refractivity contribution < 1.29 is 34.8 Å². The van der Waals surface area contributed by atoms with E-state index in [0.717, 1.165) is 19.3 Å². The van der Waals surface area contributed by atoms with E-state index in [-0.39, 0.29) is 36.4 Å². The quantitative estimate of drug-likeness (QED) is 0.277. The highest BCUT2D eigenvalue weighted by atomic mass is 16.5. The van der Waals surface area contributed by atoms with Crippen molar-refractivity contribution in [1.82, 2.24) is 4.90 Å². The Hall–Kier alpha value is -3.52. The summed E-state index contributed by atoms with van der Waals surface area (Å²) in [5.74, 6) is -0.667. The maximum Gasteiger partial charge on any atom is 0.326 e. The number of aliphatic carboxylic acids is 1. The molecule has 3 atom stereocenters. The van der Waals surface area contributed by atoms with Crippen molar-refractivity contribution in [2.24, 2.45) is 5.92 Å². The maximum atomic E-state index is 13.4. The molecule has 0 radical (unpaired) electrons. The average molecular weight is 552 g/mol. The summed E-state index contributed by atoms with van der Waals surface area (Å²) in [5, 5.41) is 41.4. The van der Waals surface area contributed by atoms with Crippen molar-refractivity contribution in [2.45, 2.75) is 96.9 Å². The second-order valence-corrected chi connectivity index (χ2v) is 11.9. The van der Waals surface area contributed by atoms with Gasteiger partial charge < -0.3 is 30.1 Å². The molecule has 0 fully saturated rings. The summed E-state index contributed by atoms with van der Waals surface area (Å²) in [6, 6.07) is 6.42. The smallest absolute Gasteiger partial charge is 0.326 e. The van der Waals surface area contributed by atoms with Crippen LogP contribution in [0.3, 0.4) is 0 Å². The van der Waals surface area contributed by atoms with Gasteiger partial charge in [-0.25, -0.2) is 4.79 Å². The van der Waals surface area contributed by atoms with Gasteiger partial charge in [-0.3, -0.25) is 4.79 Å². The van der Waals surface area contributed by atoms with Crippen molar-refractivity contribution in [3.63, 3.8) is 0 Å². The number of aliphatic hydroxyl groups is 1. The van der Waals surface area contributed by atoms with Crippen LogP contribution in [0, 0.1) is 5.92 Å². The van der Waals surface area contributed by atoms with Gasteiger partial charge in [-0.2, -0.15) is 0 Å². The number of phenolic OH excluding ortho intramolecular Hbond substituents is 2. The molecule has 40 heavy (non-hydrogen) atoms. The molecule has 0 unspecified atom stereocenters. The molecule has 2 aliphatic heterocycles. The molecule has 0 spiro atoms. The normalized spacial score (nSPS) is 21.2. The van der Waals surface area contributed by atoms with Crippen LogP contribution in [0.2, 0.25) is 0 Å². The maximum absolute atomic E-state index is 13.4. The van der Waals surface area contributed by atoms with Crippen LogP contribution in [0.25, 0.3) is 0 Å². The molecule has 216 valence electrons. The first-order valence-corrected chi connectivity index (χ1v) is 14.1. The Morgan fingerprint density at radius 3 is 2.55 bits per heavy atom. The number of carboxylic acids is 1. The van der Waals surface area contributed by atoms with E-state index in [0.29, 0.717) is 34.8 Å². The average Bonchev–Trinajstić information content (AvgIpc) is 3.20. The molecule has 2 heterocycles. The van der Waals surface area contributed by atoms with E-state index < -0.39 is 29.6 Å². The van der Waals surface area contributed by atoms with Gasteiger partial charge in [0.1, 0.15) is 28.9 Å². The first-order valence-electron chi connectivity index (χ1n) is 14.1. The summed E-state index contributed by atoms with van der Waals surface area (Å²) in [6.07, 6.45) is 6.20. The monoisotopic (exact) mass is 551 g/mol. The number of amides is 1. The molecule has 4 N–H and O–H groups in total. The second-order valence-electron chi connectivity index (χ2n) is 11.9. The number of carboxylic acid groups (broad SMARTS) is 1. The molecule has 2 aromatic rings. The summed E-state index contributed by atoms with van der Waals surface area (Å²) in [7, 11) is 0. The molecule has 2 aliphatic rings. The number of fused-ring (bicyclic) bond motifs is 3. The van der Waals surface area contributed by atoms with Crippen LogP contribution in [-0.2, 0) is 24.2 Å². The van der Waals surface area contributed by atoms with Crippen LogP contribution < -0.4 is 4.74 Å². The standard InChI is InChI=1S/C32H41NO7/c1-19(2)7-5-8-20(3)9-6-14-32(4)28(36)17-24-27(35)16-23-25(29(24)40-32)18-33(30(23)37)26(31(38)39)15-21-10-12-22(34)13-11-21/h9-13,16,19,26,28,34-36H,5-8,14-15,17-18H2,1-4H3,(H,38,39)/b20-9+/t26-,28-,32-/m0/s1. The van der Waals surface area contributed by atoms with Crippen LogP contribution >= 0.6 is 0 Å². The SMILES string of the molecule is C/C(=C\CC[C@]1(C)Oc2c(c(O)cc3c2CN([C@@H](Cc2ccc(O)cc2)C(=O)O)C3=O)C[C@@H]1O)CCCC(C)C. The molecule has 8 heteroatoms. The Kier molecular flexibility index (Phi) is 8.78. The number of carbonyl (C=O) groups excluding carboxylic acids is 1. The van der Waals surface area contributed by atoms with E-state index in [1.165, 1.54) is 35.1 Å². The van der Waals surface area contributed by atoms with Crippen molar-refractivity contribution in [3.8, 4) is 17.2 Å². The van der Waals surface area contributed by atoms with E-state index in [4.69, 9.17) is 4.74 Å². The molecule has 0 saturated heterocycles. The van der Waals surface area contributed by atoms with Crippen molar-refractivity contribution in [2.75, 3.05) is 0 Å². The summed E-state index contributed by atoms with van der Waals surface area (Å²) in [4.78, 5) is 27.0. The molecule has 4 rings (SSSR count). The molecule has 0 bridgehead atoms. The minimum absolute atomic E-state index is 0.0207. The fourth-order valence-corrected chi connectivity index (χ4v) is 5.66. The largest absolute Gasteiger partial charge is 0.508 e. The highest BCUT2D eigenvalue weighted by Gasteiger charge is 2.45. The summed E-state index contributed by atoms with van der Waals surface area (Å²) < 4.78 is 6.42. The van der Waals surface area contributed by atoms with Gasteiger partial charge in [-0.05, 0) is 69.2 Å². The lowest BCUT2D eigenvalue weighted by atomic mass is 9.84. The number of carbonyl (C=O) groups is 2. The van der Waals surface area contributed by atoms with Gasteiger partial charge in [0.15, 0.2) is 0 Å². The van der Waals surface area contributed by atoms with E-state index in [1.807, 2.05) is 6.92 Å². The van der Waals surface area contributed by atoms with E-state index in [9.17, 15) is 30.0 Å². The predicted molar refractivity (Wildman–Crippen MR) is 152 cm³/mol. The second kappa shape index (κ2) is 11.9. The predicted octanol–water partition coefficient (Wildman–Crippen LogP) is 5.36. The molecular weight excluding hydrogens is 510 g/mol. The lowest BCUT2D eigenvalue weighted by Gasteiger charge is -2.41. The lowest BCUT2D eigenvalue weighted by Crippen LogP contribution is -2.49. The summed E-state index contributed by atoms with van der Waals surface area (Å²) in [6.45, 7) is 8.43. The van der Waals surface area contributed by atoms with Crippen LogP contribution in [0.15, 0.2) is 42.0 Å². The van der Waals surface area contributed by atoms with Gasteiger partial charge in [-0.1, -0.05) is 44.1 Å². The third-order valence-corrected chi connectivity index (χ3v) is 8.23. The Balaban J connectivity index is 1.55. The first-order chi connectivity index (χ1) is 18.9. The van der Waals surface area contributed by atoms with Gasteiger partial charge in [0.2, 0.25) is 0 Å². The fraction of sp³-hybridized carbons (Fsp3) is 0.500. The fourth-order valence-electron chi connectivity index (χ4n) is 5.66. The highest BCUT2D eigenvalue weighted by Crippen LogP contribution is 2.46. The highest BCUT2D eigenvalue weighted by molar-refractivity contribution is 6.02. The topological polar surface area (TPSA) is 128 Å². The van der Waals surface area contributed by atoms with E-state index >= 15 is 0 Å². The van der Waals surface area contributed by atoms with E-state index in [1.54, 1.807) is 12.1 Å². The van der Waals surface area contributed by atoms with Gasteiger partial charge in [0.25, 0.3) is 5.91 Å². The number of hydrogen-bond donors (Lipinski definition) is 4. The number of aliphatic hydroxyl groups excluding tert-OH is 1. The van der Waals surface area contributed by atoms with Crippen LogP contribution in [0.5, 0.6) is 17.2 Å². The minimum atomic E-state index is -1.15. The number of allylic oxidation sites excluding steroid dienone is 2. The number of nitrogens with zero attached hydrogens (tertiary/aromatic N) is 1. The number of ether oxygens (including phenoxy) is 1. The van der Waals surface area contributed by atoms with Crippen molar-refractivity contribution in [1.29, 1.82) is 0 Å². The van der Waals surface area contributed by atoms with Gasteiger partial charge in [0.05, 0.1) is 18.2 Å². The van der Waals surface area contributed by atoms with Crippen molar-refractivity contribution >= 4 is 11.9 Å². The first kappa shape index (κ1) is 29.5.